The Balaban J connectivity index is 1.91. The number of hydrogen-bond acceptors (Lipinski definition) is 3. The van der Waals surface area contributed by atoms with Crippen LogP contribution in [-0.2, 0) is 22.4 Å². The van der Waals surface area contributed by atoms with Crippen molar-refractivity contribution < 1.29 is 19.4 Å². The minimum absolute atomic E-state index is 0.144. The molecule has 0 bridgehead atoms. The Morgan fingerprint density at radius 2 is 1.60 bits per heavy atom. The number of benzene rings is 2. The molecule has 0 aliphatic carbocycles. The molecule has 5 nitrogen and oxygen atoms in total. The number of methoxy groups -OCH3 is 1. The monoisotopic (exact) mass is 341 g/mol. The van der Waals surface area contributed by atoms with Crippen molar-refractivity contribution in [3.8, 4) is 5.75 Å². The van der Waals surface area contributed by atoms with Crippen LogP contribution in [0.3, 0.4) is 0 Å². The van der Waals surface area contributed by atoms with Crippen LogP contribution in [0.15, 0.2) is 54.6 Å². The number of carbonyl (C=O) groups is 2. The molecule has 2 aromatic rings. The fraction of sp³-hybridized carbons (Fsp3) is 0.300. The van der Waals surface area contributed by atoms with Gasteiger partial charge in [0.05, 0.1) is 7.11 Å². The number of nitrogens with zero attached hydrogens (tertiary/aromatic N) is 1. The summed E-state index contributed by atoms with van der Waals surface area (Å²) in [6, 6.07) is 17.3. The molecule has 5 heteroatoms. The van der Waals surface area contributed by atoms with Crippen molar-refractivity contribution in [1.82, 2.24) is 4.90 Å². The summed E-state index contributed by atoms with van der Waals surface area (Å²) < 4.78 is 5.11. The molecule has 0 atom stereocenters. The Kier molecular flexibility index (Phi) is 7.01. The second kappa shape index (κ2) is 9.47. The number of carboxylic acid groups (broad SMARTS) is 1. The third kappa shape index (κ3) is 6.30. The van der Waals surface area contributed by atoms with Gasteiger partial charge < -0.3 is 14.7 Å². The van der Waals surface area contributed by atoms with Crippen LogP contribution in [-0.4, -0.2) is 42.1 Å². The zero-order valence-electron chi connectivity index (χ0n) is 14.4. The van der Waals surface area contributed by atoms with Gasteiger partial charge in [0.1, 0.15) is 12.3 Å². The van der Waals surface area contributed by atoms with Crippen LogP contribution in [0.25, 0.3) is 0 Å². The van der Waals surface area contributed by atoms with E-state index in [9.17, 15) is 9.59 Å². The SMILES string of the molecule is COc1ccc(CCC(=O)N(CCc2ccccc2)CC(=O)O)cc1. The van der Waals surface area contributed by atoms with E-state index in [1.165, 1.54) is 4.90 Å². The lowest BCUT2D eigenvalue weighted by atomic mass is 10.1. The molecule has 132 valence electrons. The van der Waals surface area contributed by atoms with E-state index in [0.717, 1.165) is 16.9 Å². The Morgan fingerprint density at radius 1 is 0.960 bits per heavy atom. The van der Waals surface area contributed by atoms with Gasteiger partial charge in [0.2, 0.25) is 5.91 Å². The van der Waals surface area contributed by atoms with Gasteiger partial charge in [-0.25, -0.2) is 0 Å². The molecule has 2 rings (SSSR count). The van der Waals surface area contributed by atoms with Gasteiger partial charge in [-0.2, -0.15) is 0 Å². The normalized spacial score (nSPS) is 10.3. The summed E-state index contributed by atoms with van der Waals surface area (Å²) >= 11 is 0. The van der Waals surface area contributed by atoms with Crippen molar-refractivity contribution in [3.05, 3.63) is 65.7 Å². The van der Waals surface area contributed by atoms with Gasteiger partial charge in [0, 0.05) is 13.0 Å². The fourth-order valence-electron chi connectivity index (χ4n) is 2.57. The largest absolute Gasteiger partial charge is 0.497 e. The predicted molar refractivity (Wildman–Crippen MR) is 95.7 cm³/mol. The molecule has 0 spiro atoms. The van der Waals surface area contributed by atoms with E-state index in [1.807, 2.05) is 54.6 Å². The smallest absolute Gasteiger partial charge is 0.323 e. The summed E-state index contributed by atoms with van der Waals surface area (Å²) in [4.78, 5) is 24.9. The fourth-order valence-corrected chi connectivity index (χ4v) is 2.57. The number of aryl methyl sites for hydroxylation is 1. The molecule has 0 aromatic heterocycles. The highest BCUT2D eigenvalue weighted by molar-refractivity contribution is 5.81. The highest BCUT2D eigenvalue weighted by atomic mass is 16.5. The van der Waals surface area contributed by atoms with E-state index in [-0.39, 0.29) is 18.9 Å². The van der Waals surface area contributed by atoms with Gasteiger partial charge in [-0.05, 0) is 36.1 Å². The van der Waals surface area contributed by atoms with Crippen molar-refractivity contribution in [2.75, 3.05) is 20.2 Å². The van der Waals surface area contributed by atoms with Gasteiger partial charge >= 0.3 is 5.97 Å². The van der Waals surface area contributed by atoms with E-state index < -0.39 is 5.97 Å². The Bertz CT molecular complexity index is 683. The van der Waals surface area contributed by atoms with Gasteiger partial charge in [-0.3, -0.25) is 9.59 Å². The second-order valence-electron chi connectivity index (χ2n) is 5.79. The second-order valence-corrected chi connectivity index (χ2v) is 5.79. The maximum absolute atomic E-state index is 12.4. The first-order valence-corrected chi connectivity index (χ1v) is 8.25. The summed E-state index contributed by atoms with van der Waals surface area (Å²) in [5.74, 6) is -0.370. The number of aliphatic carboxylic acids is 1. The first-order chi connectivity index (χ1) is 12.1. The maximum Gasteiger partial charge on any atom is 0.323 e. The molecule has 2 aromatic carbocycles. The van der Waals surface area contributed by atoms with E-state index in [2.05, 4.69) is 0 Å². The zero-order chi connectivity index (χ0) is 18.1. The highest BCUT2D eigenvalue weighted by Gasteiger charge is 2.16. The van der Waals surface area contributed by atoms with E-state index in [1.54, 1.807) is 7.11 Å². The van der Waals surface area contributed by atoms with Crippen LogP contribution in [0, 0.1) is 0 Å². The third-order valence-electron chi connectivity index (χ3n) is 3.98. The van der Waals surface area contributed by atoms with Crippen molar-refractivity contribution in [3.63, 3.8) is 0 Å². The predicted octanol–water partition coefficient (Wildman–Crippen LogP) is 2.78. The summed E-state index contributed by atoms with van der Waals surface area (Å²) in [7, 11) is 1.61. The van der Waals surface area contributed by atoms with Crippen LogP contribution < -0.4 is 4.74 Å². The average Bonchev–Trinajstić information content (AvgIpc) is 2.64. The first kappa shape index (κ1) is 18.5. The van der Waals surface area contributed by atoms with Crippen molar-refractivity contribution in [2.45, 2.75) is 19.3 Å². The number of carboxylic acids is 1. The molecule has 0 radical (unpaired) electrons. The van der Waals surface area contributed by atoms with Gasteiger partial charge in [-0.1, -0.05) is 42.5 Å². The molecule has 0 saturated heterocycles. The Hall–Kier alpha value is -2.82. The average molecular weight is 341 g/mol. The van der Waals surface area contributed by atoms with Crippen LogP contribution in [0.5, 0.6) is 5.75 Å². The maximum atomic E-state index is 12.4. The van der Waals surface area contributed by atoms with Gasteiger partial charge in [-0.15, -0.1) is 0 Å². The lowest BCUT2D eigenvalue weighted by Gasteiger charge is -2.21. The molecule has 0 aliphatic heterocycles. The molecule has 1 N–H and O–H groups in total. The molecule has 0 fully saturated rings. The third-order valence-corrected chi connectivity index (χ3v) is 3.98. The Morgan fingerprint density at radius 3 is 2.20 bits per heavy atom. The number of carbonyl (C=O) groups excluding carboxylic acids is 1. The summed E-state index contributed by atoms with van der Waals surface area (Å²) in [5, 5.41) is 9.07. The van der Waals surface area contributed by atoms with Crippen LogP contribution in [0.1, 0.15) is 17.5 Å². The number of ether oxygens (including phenoxy) is 1. The van der Waals surface area contributed by atoms with Crippen LogP contribution in [0.4, 0.5) is 0 Å². The first-order valence-electron chi connectivity index (χ1n) is 8.25. The van der Waals surface area contributed by atoms with Crippen molar-refractivity contribution in [2.24, 2.45) is 0 Å². The lowest BCUT2D eigenvalue weighted by Crippen LogP contribution is -2.37. The van der Waals surface area contributed by atoms with E-state index in [0.29, 0.717) is 19.4 Å². The minimum atomic E-state index is -0.995. The molecule has 0 heterocycles. The summed E-state index contributed by atoms with van der Waals surface area (Å²) in [6.07, 6.45) is 1.50. The highest BCUT2D eigenvalue weighted by Crippen LogP contribution is 2.13. The van der Waals surface area contributed by atoms with Crippen molar-refractivity contribution in [1.29, 1.82) is 0 Å². The molecule has 25 heavy (non-hydrogen) atoms. The number of hydrogen-bond donors (Lipinski definition) is 1. The molecular formula is C20H23NO4. The molecule has 0 aliphatic rings. The van der Waals surface area contributed by atoms with E-state index >= 15 is 0 Å². The van der Waals surface area contributed by atoms with E-state index in [4.69, 9.17) is 9.84 Å². The summed E-state index contributed by atoms with van der Waals surface area (Å²) in [5.41, 5.74) is 2.10. The van der Waals surface area contributed by atoms with Crippen LogP contribution in [0.2, 0.25) is 0 Å². The Labute approximate surface area is 147 Å². The van der Waals surface area contributed by atoms with Gasteiger partial charge in [0.15, 0.2) is 0 Å². The molecule has 0 saturated carbocycles. The topological polar surface area (TPSA) is 66.8 Å². The lowest BCUT2D eigenvalue weighted by molar-refractivity contribution is -0.144. The summed E-state index contributed by atoms with van der Waals surface area (Å²) in [6.45, 7) is 0.131. The molecular weight excluding hydrogens is 318 g/mol. The molecule has 1 amide bonds. The van der Waals surface area contributed by atoms with Crippen molar-refractivity contribution >= 4 is 11.9 Å². The number of rotatable bonds is 9. The van der Waals surface area contributed by atoms with Crippen LogP contribution >= 0.6 is 0 Å². The standard InChI is InChI=1S/C20H23NO4/c1-25-18-10-7-17(8-11-18)9-12-19(22)21(15-20(23)24)14-13-16-5-3-2-4-6-16/h2-8,10-11H,9,12-15H2,1H3,(H,23,24). The minimum Gasteiger partial charge on any atom is -0.497 e. The quantitative estimate of drug-likeness (QED) is 0.762. The molecule has 0 unspecified atom stereocenters. The zero-order valence-corrected chi connectivity index (χ0v) is 14.4. The number of amides is 1. The van der Waals surface area contributed by atoms with Gasteiger partial charge in [0.25, 0.3) is 0 Å².